The Morgan fingerprint density at radius 1 is 1.20 bits per heavy atom. The quantitative estimate of drug-likeness (QED) is 0.350. The number of anilines is 1. The van der Waals surface area contributed by atoms with Crippen LogP contribution in [0.4, 0.5) is 10.2 Å². The Hall–Kier alpha value is -3.53. The fraction of sp³-hybridized carbons (Fsp3) is 0.433. The molecule has 40 heavy (non-hydrogen) atoms. The lowest BCUT2D eigenvalue weighted by Gasteiger charge is -2.36. The number of aryl methyl sites for hydroxylation is 1. The van der Waals surface area contributed by atoms with Crippen molar-refractivity contribution in [2.75, 3.05) is 18.1 Å². The lowest BCUT2D eigenvalue weighted by molar-refractivity contribution is 0.0981. The summed E-state index contributed by atoms with van der Waals surface area (Å²) in [4.78, 5) is 24.5. The second kappa shape index (κ2) is 11.5. The molecule has 1 aromatic carbocycles. The predicted octanol–water partition coefficient (Wildman–Crippen LogP) is 5.76. The van der Waals surface area contributed by atoms with E-state index in [4.69, 9.17) is 9.72 Å². The van der Waals surface area contributed by atoms with Crippen molar-refractivity contribution in [2.24, 2.45) is 11.8 Å². The minimum absolute atomic E-state index is 0.112. The number of amides is 1. The van der Waals surface area contributed by atoms with Gasteiger partial charge in [-0.3, -0.25) is 4.79 Å². The van der Waals surface area contributed by atoms with Crippen LogP contribution in [-0.2, 0) is 10.0 Å². The molecule has 0 radical (unpaired) electrons. The average molecular weight is 569 g/mol. The Labute approximate surface area is 236 Å². The van der Waals surface area contributed by atoms with Crippen LogP contribution in [0.25, 0.3) is 11.3 Å². The van der Waals surface area contributed by atoms with Crippen LogP contribution in [0, 0.1) is 24.6 Å². The molecule has 1 fully saturated rings. The number of hydrogen-bond donors (Lipinski definition) is 1. The molecule has 0 saturated carbocycles. The van der Waals surface area contributed by atoms with Crippen molar-refractivity contribution >= 4 is 21.7 Å². The van der Waals surface area contributed by atoms with Gasteiger partial charge < -0.3 is 9.64 Å². The van der Waals surface area contributed by atoms with Gasteiger partial charge in [-0.25, -0.2) is 19.1 Å². The van der Waals surface area contributed by atoms with Crippen molar-refractivity contribution in [3.05, 3.63) is 65.6 Å². The van der Waals surface area contributed by atoms with E-state index in [1.54, 1.807) is 37.3 Å². The Kier molecular flexibility index (Phi) is 8.49. The summed E-state index contributed by atoms with van der Waals surface area (Å²) in [5, 5.41) is -0.242. The van der Waals surface area contributed by atoms with Crippen LogP contribution >= 0.6 is 0 Å². The van der Waals surface area contributed by atoms with Crippen LogP contribution in [-0.4, -0.2) is 43.0 Å². The van der Waals surface area contributed by atoms with Gasteiger partial charge in [-0.1, -0.05) is 33.8 Å². The zero-order valence-electron chi connectivity index (χ0n) is 23.9. The van der Waals surface area contributed by atoms with E-state index in [-0.39, 0.29) is 22.0 Å². The molecule has 2 atom stereocenters. The zero-order chi connectivity index (χ0) is 29.2. The van der Waals surface area contributed by atoms with Crippen LogP contribution < -0.4 is 14.4 Å². The first-order valence-corrected chi connectivity index (χ1v) is 15.0. The van der Waals surface area contributed by atoms with E-state index in [9.17, 15) is 17.6 Å². The standard InChI is InChI=1S/C30H37FN4O4S/c1-7-30(6)16-20(4)17-35(30)28-25(29(36)34-40(37,38)27-10-8-9-21(5)32-27)11-12-26(33-28)22-13-23(31)15-24(14-22)39-18-19(2)3/h8-15,19-20H,7,16-18H2,1-6H3,(H,34,36). The summed E-state index contributed by atoms with van der Waals surface area (Å²) >= 11 is 0. The Morgan fingerprint density at radius 2 is 1.95 bits per heavy atom. The van der Waals surface area contributed by atoms with Crippen molar-refractivity contribution in [2.45, 2.75) is 64.9 Å². The van der Waals surface area contributed by atoms with E-state index in [0.717, 1.165) is 12.8 Å². The van der Waals surface area contributed by atoms with Gasteiger partial charge in [0.2, 0.25) is 0 Å². The second-order valence-electron chi connectivity index (χ2n) is 11.3. The van der Waals surface area contributed by atoms with Crippen molar-refractivity contribution in [1.82, 2.24) is 14.7 Å². The van der Waals surface area contributed by atoms with E-state index in [0.29, 0.717) is 47.6 Å². The minimum Gasteiger partial charge on any atom is -0.493 e. The maximum atomic E-state index is 14.6. The number of nitrogens with zero attached hydrogens (tertiary/aromatic N) is 3. The number of hydrogen-bond acceptors (Lipinski definition) is 7. The van der Waals surface area contributed by atoms with Crippen molar-refractivity contribution < 1.29 is 22.3 Å². The number of ether oxygens (including phenoxy) is 1. The third kappa shape index (κ3) is 6.43. The molecule has 2 aromatic heterocycles. The zero-order valence-corrected chi connectivity index (χ0v) is 24.7. The molecule has 2 unspecified atom stereocenters. The SMILES string of the molecule is CCC1(C)CC(C)CN1c1nc(-c2cc(F)cc(OCC(C)C)c2)ccc1C(=O)NS(=O)(=O)c1cccc(C)n1. The van der Waals surface area contributed by atoms with Crippen molar-refractivity contribution in [3.63, 3.8) is 0 Å². The lowest BCUT2D eigenvalue weighted by atomic mass is 9.92. The smallest absolute Gasteiger partial charge is 0.281 e. The number of benzene rings is 1. The molecule has 0 spiro atoms. The third-order valence-corrected chi connectivity index (χ3v) is 8.42. The molecule has 4 rings (SSSR count). The molecule has 10 heteroatoms. The highest BCUT2D eigenvalue weighted by molar-refractivity contribution is 7.90. The summed E-state index contributed by atoms with van der Waals surface area (Å²) < 4.78 is 48.6. The van der Waals surface area contributed by atoms with Gasteiger partial charge in [0.25, 0.3) is 15.9 Å². The topological polar surface area (TPSA) is 101 Å². The van der Waals surface area contributed by atoms with E-state index >= 15 is 0 Å². The molecule has 1 saturated heterocycles. The number of aromatic nitrogens is 2. The first-order chi connectivity index (χ1) is 18.8. The molecule has 3 aromatic rings. The molecule has 0 aliphatic carbocycles. The first kappa shape index (κ1) is 29.5. The number of carbonyl (C=O) groups is 1. The number of nitrogens with one attached hydrogen (secondary N) is 1. The lowest BCUT2D eigenvalue weighted by Crippen LogP contribution is -2.43. The molecule has 1 N–H and O–H groups in total. The van der Waals surface area contributed by atoms with Gasteiger partial charge in [0.05, 0.1) is 17.9 Å². The van der Waals surface area contributed by atoms with E-state index in [1.807, 2.05) is 13.8 Å². The van der Waals surface area contributed by atoms with Gasteiger partial charge in [-0.2, -0.15) is 8.42 Å². The summed E-state index contributed by atoms with van der Waals surface area (Å²) in [6, 6.07) is 12.1. The van der Waals surface area contributed by atoms with Crippen molar-refractivity contribution in [3.8, 4) is 17.0 Å². The summed E-state index contributed by atoms with van der Waals surface area (Å²) in [6.45, 7) is 13.1. The molecular weight excluding hydrogens is 531 g/mol. The van der Waals surface area contributed by atoms with E-state index in [1.165, 1.54) is 18.2 Å². The molecule has 3 heterocycles. The Bertz CT molecular complexity index is 1510. The van der Waals surface area contributed by atoms with Gasteiger partial charge in [0, 0.05) is 29.4 Å². The highest BCUT2D eigenvalue weighted by Crippen LogP contribution is 2.40. The predicted molar refractivity (Wildman–Crippen MR) is 153 cm³/mol. The first-order valence-electron chi connectivity index (χ1n) is 13.5. The van der Waals surface area contributed by atoms with Crippen LogP contribution in [0.3, 0.4) is 0 Å². The third-order valence-electron chi connectivity index (χ3n) is 7.19. The fourth-order valence-electron chi connectivity index (χ4n) is 5.08. The molecule has 1 aliphatic heterocycles. The van der Waals surface area contributed by atoms with E-state index in [2.05, 4.69) is 35.4 Å². The van der Waals surface area contributed by atoms with Crippen LogP contribution in [0.2, 0.25) is 0 Å². The number of halogens is 1. The summed E-state index contributed by atoms with van der Waals surface area (Å²) in [5.74, 6) is 0.0619. The second-order valence-corrected chi connectivity index (χ2v) is 12.9. The summed E-state index contributed by atoms with van der Waals surface area (Å²) in [5.41, 5.74) is 1.26. The minimum atomic E-state index is -4.23. The fourth-order valence-corrected chi connectivity index (χ4v) is 6.06. The number of carbonyl (C=O) groups excluding carboxylic acids is 1. The molecule has 214 valence electrons. The Balaban J connectivity index is 1.79. The van der Waals surface area contributed by atoms with Crippen molar-refractivity contribution in [1.29, 1.82) is 0 Å². The maximum absolute atomic E-state index is 14.6. The number of pyridine rings is 2. The van der Waals surface area contributed by atoms with E-state index < -0.39 is 21.7 Å². The molecule has 1 aliphatic rings. The summed E-state index contributed by atoms with van der Waals surface area (Å²) in [7, 11) is -4.23. The van der Waals surface area contributed by atoms with Crippen LogP contribution in [0.15, 0.2) is 53.6 Å². The highest BCUT2D eigenvalue weighted by Gasteiger charge is 2.41. The maximum Gasteiger partial charge on any atom is 0.281 e. The largest absolute Gasteiger partial charge is 0.493 e. The summed E-state index contributed by atoms with van der Waals surface area (Å²) in [6.07, 6.45) is 1.68. The molecule has 0 bridgehead atoms. The van der Waals surface area contributed by atoms with Gasteiger partial charge in [0.15, 0.2) is 5.03 Å². The highest BCUT2D eigenvalue weighted by atomic mass is 32.2. The monoisotopic (exact) mass is 568 g/mol. The molecule has 8 nitrogen and oxygen atoms in total. The average Bonchev–Trinajstić information content (AvgIpc) is 3.20. The van der Waals surface area contributed by atoms with Gasteiger partial charge in [0.1, 0.15) is 17.4 Å². The van der Waals surface area contributed by atoms with Gasteiger partial charge in [-0.05, 0) is 74.9 Å². The van der Waals surface area contributed by atoms with Crippen LogP contribution in [0.5, 0.6) is 5.75 Å². The van der Waals surface area contributed by atoms with Gasteiger partial charge in [-0.15, -0.1) is 0 Å². The molecular formula is C30H37FN4O4S. The van der Waals surface area contributed by atoms with Crippen LogP contribution in [0.1, 0.15) is 63.5 Å². The number of rotatable bonds is 9. The Morgan fingerprint density at radius 3 is 2.62 bits per heavy atom. The molecule has 1 amide bonds. The van der Waals surface area contributed by atoms with Gasteiger partial charge >= 0.3 is 0 Å². The number of sulfonamides is 1. The normalized spacial score (nSPS) is 19.2.